The largest absolute Gasteiger partial charge is 0.399 e. The summed E-state index contributed by atoms with van der Waals surface area (Å²) >= 11 is 0. The first kappa shape index (κ1) is 13.9. The molecule has 0 aliphatic carbocycles. The van der Waals surface area contributed by atoms with E-state index in [-0.39, 0.29) is 5.69 Å². The van der Waals surface area contributed by atoms with Gasteiger partial charge in [-0.2, -0.15) is 8.78 Å². The number of hydrogen-bond acceptors (Lipinski definition) is 2. The van der Waals surface area contributed by atoms with Crippen LogP contribution < -0.4 is 5.73 Å². The van der Waals surface area contributed by atoms with Gasteiger partial charge in [0.2, 0.25) is 0 Å². The maximum atomic E-state index is 13.2. The van der Waals surface area contributed by atoms with Crippen molar-refractivity contribution in [3.05, 3.63) is 24.0 Å². The first-order chi connectivity index (χ1) is 7.74. The highest BCUT2D eigenvalue weighted by atomic mass is 32.2. The minimum atomic E-state index is -4.42. The molecule has 2 N–H and O–H groups in total. The molecule has 0 aliphatic heterocycles. The van der Waals surface area contributed by atoms with Gasteiger partial charge in [0.05, 0.1) is 21.4 Å². The van der Waals surface area contributed by atoms with Crippen LogP contribution in [0, 0.1) is 5.82 Å². The molecule has 0 saturated heterocycles. The van der Waals surface area contributed by atoms with E-state index in [1.54, 1.807) is 0 Å². The second-order valence-electron chi connectivity index (χ2n) is 3.24. The van der Waals surface area contributed by atoms with Crippen molar-refractivity contribution >= 4 is 16.5 Å². The molecule has 0 bridgehead atoms. The lowest BCUT2D eigenvalue weighted by Gasteiger charge is -2.14. The Morgan fingerprint density at radius 3 is 2.41 bits per heavy atom. The van der Waals surface area contributed by atoms with Gasteiger partial charge < -0.3 is 5.73 Å². The van der Waals surface area contributed by atoms with Gasteiger partial charge in [0.15, 0.2) is 0 Å². The number of nitrogen functional groups attached to an aromatic ring is 1. The van der Waals surface area contributed by atoms with E-state index in [9.17, 15) is 26.2 Å². The Morgan fingerprint density at radius 1 is 1.35 bits per heavy atom. The van der Waals surface area contributed by atoms with Crippen molar-refractivity contribution in [2.45, 2.75) is 17.2 Å². The van der Waals surface area contributed by atoms with E-state index >= 15 is 0 Å². The molecular weight excluding hydrogens is 265 g/mol. The summed E-state index contributed by atoms with van der Waals surface area (Å²) in [6.07, 6.45) is -3.94. The first-order valence-corrected chi connectivity index (χ1v) is 5.65. The number of anilines is 1. The van der Waals surface area contributed by atoms with Crippen LogP contribution in [0.3, 0.4) is 0 Å². The number of halogens is 5. The predicted molar refractivity (Wildman–Crippen MR) is 53.0 cm³/mol. The van der Waals surface area contributed by atoms with Gasteiger partial charge in [-0.15, -0.1) is 0 Å². The van der Waals surface area contributed by atoms with Crippen LogP contribution in [0.15, 0.2) is 23.1 Å². The Hall–Kier alpha value is -1.18. The molecular formula is C9H8F5NOS. The summed E-state index contributed by atoms with van der Waals surface area (Å²) in [5.41, 5.74) is 5.21. The lowest BCUT2D eigenvalue weighted by molar-refractivity contribution is -0.110. The van der Waals surface area contributed by atoms with Crippen LogP contribution in [0.5, 0.6) is 0 Å². The van der Waals surface area contributed by atoms with Crippen molar-refractivity contribution in [2.75, 3.05) is 11.5 Å². The van der Waals surface area contributed by atoms with Gasteiger partial charge in [0, 0.05) is 5.69 Å². The molecule has 1 aromatic carbocycles. The molecule has 0 amide bonds. The van der Waals surface area contributed by atoms with Crippen LogP contribution >= 0.6 is 0 Å². The van der Waals surface area contributed by atoms with Crippen LogP contribution in [-0.4, -0.2) is 22.3 Å². The Bertz CT molecular complexity index is 437. The van der Waals surface area contributed by atoms with E-state index in [1.807, 2.05) is 0 Å². The minimum absolute atomic E-state index is 0.0175. The summed E-state index contributed by atoms with van der Waals surface area (Å²) in [4.78, 5) is -0.570. The maximum absolute atomic E-state index is 13.2. The van der Waals surface area contributed by atoms with Crippen molar-refractivity contribution in [3.8, 4) is 0 Å². The number of nitrogens with two attached hydrogens (primary N) is 1. The molecule has 8 heteroatoms. The van der Waals surface area contributed by atoms with Crippen molar-refractivity contribution in [2.24, 2.45) is 0 Å². The third-order valence-corrected chi connectivity index (χ3v) is 3.31. The number of benzene rings is 1. The zero-order valence-corrected chi connectivity index (χ0v) is 9.12. The molecule has 0 radical (unpaired) electrons. The molecule has 1 aromatic rings. The highest BCUT2D eigenvalue weighted by Gasteiger charge is 2.42. The summed E-state index contributed by atoms with van der Waals surface area (Å²) in [7, 11) is -2.55. The first-order valence-electron chi connectivity index (χ1n) is 4.33. The fourth-order valence-corrected chi connectivity index (χ4v) is 2.14. The Balaban J connectivity index is 2.91. The Labute approximate surface area is 96.1 Å². The smallest absolute Gasteiger partial charge is 0.319 e. The lowest BCUT2D eigenvalue weighted by Crippen LogP contribution is -2.33. The van der Waals surface area contributed by atoms with Gasteiger partial charge in [-0.1, -0.05) is 0 Å². The fraction of sp³-hybridized carbons (Fsp3) is 0.333. The normalized spacial score (nSPS) is 14.0. The Kier molecular flexibility index (Phi) is 4.07. The summed E-state index contributed by atoms with van der Waals surface area (Å²) in [5.74, 6) is -7.11. The van der Waals surface area contributed by atoms with E-state index in [1.165, 1.54) is 0 Å². The van der Waals surface area contributed by atoms with Crippen LogP contribution in [0.4, 0.5) is 27.6 Å². The number of rotatable bonds is 4. The summed E-state index contributed by atoms with van der Waals surface area (Å²) < 4.78 is 73.4. The van der Waals surface area contributed by atoms with Gasteiger partial charge in [0.1, 0.15) is 5.82 Å². The third kappa shape index (κ3) is 3.39. The van der Waals surface area contributed by atoms with E-state index in [0.29, 0.717) is 0 Å². The monoisotopic (exact) mass is 273 g/mol. The molecule has 0 spiro atoms. The van der Waals surface area contributed by atoms with E-state index in [2.05, 4.69) is 0 Å². The van der Waals surface area contributed by atoms with Gasteiger partial charge in [0.25, 0.3) is 0 Å². The van der Waals surface area contributed by atoms with Crippen molar-refractivity contribution in [3.63, 3.8) is 0 Å². The Morgan fingerprint density at radius 2 is 1.94 bits per heavy atom. The SMILES string of the molecule is Nc1ccc(S(=O)CC(F)(F)C(F)F)c(F)c1. The van der Waals surface area contributed by atoms with Gasteiger partial charge in [-0.05, 0) is 18.2 Å². The van der Waals surface area contributed by atoms with Crippen molar-refractivity contribution < 1.29 is 26.2 Å². The summed E-state index contributed by atoms with van der Waals surface area (Å²) in [5, 5.41) is 0. The van der Waals surface area contributed by atoms with Crippen LogP contribution in [0.2, 0.25) is 0 Å². The predicted octanol–water partition coefficient (Wildman–Crippen LogP) is 2.42. The quantitative estimate of drug-likeness (QED) is 0.676. The summed E-state index contributed by atoms with van der Waals surface area (Å²) in [6, 6.07) is 2.87. The van der Waals surface area contributed by atoms with Crippen LogP contribution in [0.25, 0.3) is 0 Å². The molecule has 0 fully saturated rings. The number of alkyl halides is 4. The molecule has 17 heavy (non-hydrogen) atoms. The number of hydrogen-bond donors (Lipinski definition) is 1. The molecule has 96 valence electrons. The molecule has 0 saturated carbocycles. The van der Waals surface area contributed by atoms with Gasteiger partial charge in [-0.25, -0.2) is 13.2 Å². The minimum Gasteiger partial charge on any atom is -0.399 e. The molecule has 0 aromatic heterocycles. The van der Waals surface area contributed by atoms with Gasteiger partial charge >= 0.3 is 12.3 Å². The average molecular weight is 273 g/mol. The van der Waals surface area contributed by atoms with Crippen LogP contribution in [0.1, 0.15) is 0 Å². The highest BCUT2D eigenvalue weighted by molar-refractivity contribution is 7.85. The van der Waals surface area contributed by atoms with E-state index in [4.69, 9.17) is 5.73 Å². The third-order valence-electron chi connectivity index (χ3n) is 1.84. The molecule has 1 rings (SSSR count). The molecule has 0 aliphatic rings. The van der Waals surface area contributed by atoms with Crippen LogP contribution in [-0.2, 0) is 10.8 Å². The molecule has 0 heterocycles. The standard InChI is InChI=1S/C9H8F5NOS/c10-6-3-5(15)1-2-7(6)17(16)4-9(13,14)8(11)12/h1-3,8H,4,15H2. The second kappa shape index (κ2) is 4.99. The second-order valence-corrected chi connectivity index (χ2v) is 4.66. The molecule has 1 unspecified atom stereocenters. The fourth-order valence-electron chi connectivity index (χ4n) is 1.02. The van der Waals surface area contributed by atoms with Crippen molar-refractivity contribution in [1.82, 2.24) is 0 Å². The lowest BCUT2D eigenvalue weighted by atomic mass is 10.3. The zero-order valence-electron chi connectivity index (χ0n) is 8.30. The summed E-state index contributed by atoms with van der Waals surface area (Å²) in [6.45, 7) is 0. The van der Waals surface area contributed by atoms with E-state index in [0.717, 1.165) is 18.2 Å². The highest BCUT2D eigenvalue weighted by Crippen LogP contribution is 2.26. The zero-order chi connectivity index (χ0) is 13.2. The van der Waals surface area contributed by atoms with E-state index < -0.39 is 39.6 Å². The molecule has 1 atom stereocenters. The topological polar surface area (TPSA) is 43.1 Å². The molecule has 2 nitrogen and oxygen atoms in total. The maximum Gasteiger partial charge on any atom is 0.319 e. The average Bonchev–Trinajstić information content (AvgIpc) is 2.15. The van der Waals surface area contributed by atoms with Crippen molar-refractivity contribution in [1.29, 1.82) is 0 Å². The van der Waals surface area contributed by atoms with Gasteiger partial charge in [-0.3, -0.25) is 4.21 Å².